The zero-order valence-electron chi connectivity index (χ0n) is 16.1. The maximum absolute atomic E-state index is 13.6. The SMILES string of the molecule is Cc1cc(C)cc(NC(=O)CN2N=N[C@H]3C(=O)N(c4ccc(F)c(F)c4)C(=O)[C@@H]32)c1. The number of fused-ring (bicyclic) bond motifs is 1. The van der Waals surface area contributed by atoms with Crippen molar-refractivity contribution in [3.63, 3.8) is 0 Å². The number of halogens is 2. The zero-order chi connectivity index (χ0) is 21.6. The maximum atomic E-state index is 13.6. The number of hydrogen-bond donors (Lipinski definition) is 1. The molecule has 2 aromatic rings. The first kappa shape index (κ1) is 19.6. The van der Waals surface area contributed by atoms with Crippen molar-refractivity contribution >= 4 is 29.1 Å². The quantitative estimate of drug-likeness (QED) is 0.780. The Hall–Kier alpha value is -3.69. The van der Waals surface area contributed by atoms with Gasteiger partial charge in [0, 0.05) is 11.8 Å². The van der Waals surface area contributed by atoms with E-state index in [1.165, 1.54) is 0 Å². The Bertz CT molecular complexity index is 1080. The molecule has 1 N–H and O–H groups in total. The first-order valence-electron chi connectivity index (χ1n) is 9.13. The number of nitrogens with zero attached hydrogens (tertiary/aromatic N) is 4. The fraction of sp³-hybridized carbons (Fsp3) is 0.250. The van der Waals surface area contributed by atoms with E-state index in [0.29, 0.717) is 5.69 Å². The van der Waals surface area contributed by atoms with E-state index in [0.717, 1.165) is 39.2 Å². The van der Waals surface area contributed by atoms with Gasteiger partial charge in [0.2, 0.25) is 5.91 Å². The molecule has 10 heteroatoms. The number of aryl methyl sites for hydroxylation is 2. The van der Waals surface area contributed by atoms with Gasteiger partial charge in [-0.2, -0.15) is 5.11 Å². The molecular weight excluding hydrogens is 396 g/mol. The molecule has 1 fully saturated rings. The first-order chi connectivity index (χ1) is 14.2. The van der Waals surface area contributed by atoms with Crippen LogP contribution in [0.2, 0.25) is 0 Å². The predicted molar refractivity (Wildman–Crippen MR) is 103 cm³/mol. The average molecular weight is 413 g/mol. The summed E-state index contributed by atoms with van der Waals surface area (Å²) < 4.78 is 26.8. The van der Waals surface area contributed by atoms with Gasteiger partial charge >= 0.3 is 0 Å². The normalized spacial score (nSPS) is 20.1. The highest BCUT2D eigenvalue weighted by Gasteiger charge is 2.55. The lowest BCUT2D eigenvalue weighted by Gasteiger charge is -2.20. The topological polar surface area (TPSA) is 94.4 Å². The van der Waals surface area contributed by atoms with Gasteiger partial charge in [0.1, 0.15) is 6.54 Å². The molecule has 0 bridgehead atoms. The van der Waals surface area contributed by atoms with E-state index in [4.69, 9.17) is 0 Å². The highest BCUT2D eigenvalue weighted by molar-refractivity contribution is 6.25. The fourth-order valence-corrected chi connectivity index (χ4v) is 3.63. The number of imide groups is 1. The number of carbonyl (C=O) groups excluding carboxylic acids is 3. The molecule has 2 atom stereocenters. The van der Waals surface area contributed by atoms with Gasteiger partial charge in [-0.05, 0) is 49.2 Å². The molecule has 2 aliphatic rings. The van der Waals surface area contributed by atoms with E-state index in [2.05, 4.69) is 15.7 Å². The van der Waals surface area contributed by atoms with Crippen molar-refractivity contribution in [2.75, 3.05) is 16.8 Å². The minimum atomic E-state index is -1.18. The molecule has 3 amide bonds. The van der Waals surface area contributed by atoms with Crippen molar-refractivity contribution < 1.29 is 23.2 Å². The number of hydrogen-bond acceptors (Lipinski definition) is 6. The summed E-state index contributed by atoms with van der Waals surface area (Å²) in [6.07, 6.45) is 0. The van der Waals surface area contributed by atoms with Crippen LogP contribution in [0.4, 0.5) is 20.2 Å². The lowest BCUT2D eigenvalue weighted by atomic mass is 10.1. The van der Waals surface area contributed by atoms with Crippen LogP contribution >= 0.6 is 0 Å². The standard InChI is InChI=1S/C20H17F2N5O3/c1-10-5-11(2)7-12(6-10)23-16(28)9-26-18-17(24-25-26)19(29)27(20(18)30)13-3-4-14(21)15(22)8-13/h3-8,17-18H,9H2,1-2H3,(H,23,28)/t17-,18-/m1/s1. The molecule has 2 aromatic carbocycles. The van der Waals surface area contributed by atoms with Crippen LogP contribution in [0.15, 0.2) is 46.7 Å². The Balaban J connectivity index is 1.50. The molecule has 4 rings (SSSR count). The number of nitrogens with one attached hydrogen (secondary N) is 1. The minimum absolute atomic E-state index is 0.104. The molecule has 30 heavy (non-hydrogen) atoms. The van der Waals surface area contributed by atoms with Crippen molar-refractivity contribution in [1.82, 2.24) is 5.01 Å². The van der Waals surface area contributed by atoms with Crippen LogP contribution in [-0.2, 0) is 14.4 Å². The van der Waals surface area contributed by atoms with Crippen LogP contribution in [-0.4, -0.2) is 41.4 Å². The molecule has 154 valence electrons. The number of anilines is 2. The van der Waals surface area contributed by atoms with E-state index >= 15 is 0 Å². The summed E-state index contributed by atoms with van der Waals surface area (Å²) in [4.78, 5) is 38.6. The monoisotopic (exact) mass is 413 g/mol. The van der Waals surface area contributed by atoms with Gasteiger partial charge in [-0.3, -0.25) is 19.4 Å². The Morgan fingerprint density at radius 3 is 2.40 bits per heavy atom. The molecule has 0 spiro atoms. The second-order valence-corrected chi connectivity index (χ2v) is 7.23. The summed E-state index contributed by atoms with van der Waals surface area (Å²) in [7, 11) is 0. The van der Waals surface area contributed by atoms with Gasteiger partial charge in [-0.1, -0.05) is 11.3 Å². The van der Waals surface area contributed by atoms with Crippen LogP contribution in [0.5, 0.6) is 0 Å². The fourth-order valence-electron chi connectivity index (χ4n) is 3.63. The molecule has 2 aliphatic heterocycles. The van der Waals surface area contributed by atoms with Crippen molar-refractivity contribution in [2.24, 2.45) is 10.3 Å². The van der Waals surface area contributed by atoms with Crippen LogP contribution in [0, 0.1) is 25.5 Å². The van der Waals surface area contributed by atoms with E-state index in [-0.39, 0.29) is 12.2 Å². The third-order valence-corrected chi connectivity index (χ3v) is 4.83. The summed E-state index contributed by atoms with van der Waals surface area (Å²) >= 11 is 0. The van der Waals surface area contributed by atoms with Crippen molar-refractivity contribution in [3.8, 4) is 0 Å². The molecule has 0 aromatic heterocycles. The van der Waals surface area contributed by atoms with Gasteiger partial charge < -0.3 is 5.32 Å². The van der Waals surface area contributed by atoms with Crippen LogP contribution in [0.1, 0.15) is 11.1 Å². The Kier molecular flexibility index (Phi) is 4.76. The molecule has 0 radical (unpaired) electrons. The molecule has 0 aliphatic carbocycles. The summed E-state index contributed by atoms with van der Waals surface area (Å²) in [5.41, 5.74) is 2.45. The average Bonchev–Trinajstić information content (AvgIpc) is 3.17. The van der Waals surface area contributed by atoms with Crippen LogP contribution in [0.25, 0.3) is 0 Å². The summed E-state index contributed by atoms with van der Waals surface area (Å²) in [5, 5.41) is 11.5. The molecular formula is C20H17F2N5O3. The van der Waals surface area contributed by atoms with Crippen LogP contribution < -0.4 is 10.2 Å². The van der Waals surface area contributed by atoms with Gasteiger partial charge in [-0.15, -0.1) is 0 Å². The Labute approximate surface area is 170 Å². The minimum Gasteiger partial charge on any atom is -0.324 e. The largest absolute Gasteiger partial charge is 0.324 e. The Morgan fingerprint density at radius 1 is 1.03 bits per heavy atom. The molecule has 8 nitrogen and oxygen atoms in total. The maximum Gasteiger partial charge on any atom is 0.263 e. The summed E-state index contributed by atoms with van der Waals surface area (Å²) in [5.74, 6) is -4.14. The smallest absolute Gasteiger partial charge is 0.263 e. The molecule has 2 heterocycles. The van der Waals surface area contributed by atoms with E-state index < -0.39 is 41.4 Å². The lowest BCUT2D eigenvalue weighted by molar-refractivity contribution is -0.123. The van der Waals surface area contributed by atoms with Gasteiger partial charge in [0.05, 0.1) is 5.69 Å². The predicted octanol–water partition coefficient (Wildman–Crippen LogP) is 2.51. The van der Waals surface area contributed by atoms with E-state index in [1.54, 1.807) is 12.1 Å². The second kappa shape index (κ2) is 7.29. The van der Waals surface area contributed by atoms with Gasteiger partial charge in [-0.25, -0.2) is 13.7 Å². The third-order valence-electron chi connectivity index (χ3n) is 4.83. The second-order valence-electron chi connectivity index (χ2n) is 7.23. The highest BCUT2D eigenvalue weighted by Crippen LogP contribution is 2.32. The molecule has 1 saturated heterocycles. The van der Waals surface area contributed by atoms with Crippen LogP contribution in [0.3, 0.4) is 0 Å². The molecule has 0 saturated carbocycles. The molecule has 0 unspecified atom stereocenters. The number of carbonyl (C=O) groups is 3. The zero-order valence-corrected chi connectivity index (χ0v) is 16.1. The Morgan fingerprint density at radius 2 is 1.73 bits per heavy atom. The number of amides is 3. The summed E-state index contributed by atoms with van der Waals surface area (Å²) in [6.45, 7) is 3.50. The highest BCUT2D eigenvalue weighted by atomic mass is 19.2. The van der Waals surface area contributed by atoms with Crippen molar-refractivity contribution in [3.05, 3.63) is 59.2 Å². The third kappa shape index (κ3) is 3.40. The number of rotatable bonds is 4. The van der Waals surface area contributed by atoms with Crippen molar-refractivity contribution in [1.29, 1.82) is 0 Å². The van der Waals surface area contributed by atoms with E-state index in [9.17, 15) is 23.2 Å². The summed E-state index contributed by atoms with van der Waals surface area (Å²) in [6, 6.07) is 6.03. The number of benzene rings is 2. The van der Waals surface area contributed by atoms with E-state index in [1.807, 2.05) is 19.9 Å². The van der Waals surface area contributed by atoms with Gasteiger partial charge in [0.15, 0.2) is 23.7 Å². The first-order valence-corrected chi connectivity index (χ1v) is 9.13. The lowest BCUT2D eigenvalue weighted by Crippen LogP contribution is -2.43. The van der Waals surface area contributed by atoms with Gasteiger partial charge in [0.25, 0.3) is 11.8 Å². The van der Waals surface area contributed by atoms with Crippen molar-refractivity contribution in [2.45, 2.75) is 25.9 Å².